The van der Waals surface area contributed by atoms with Gasteiger partial charge in [0.25, 0.3) is 0 Å². The molecular weight excluding hydrogens is 250 g/mol. The van der Waals surface area contributed by atoms with E-state index in [9.17, 15) is 0 Å². The number of benzene rings is 1. The molecule has 0 bridgehead atoms. The molecule has 1 heterocycles. The van der Waals surface area contributed by atoms with Crippen LogP contribution in [0.15, 0.2) is 12.1 Å². The highest BCUT2D eigenvalue weighted by Crippen LogP contribution is 2.48. The molecule has 0 unspecified atom stereocenters. The van der Waals surface area contributed by atoms with E-state index in [1.807, 2.05) is 6.07 Å². The first-order valence-electron chi connectivity index (χ1n) is 6.55. The van der Waals surface area contributed by atoms with Crippen LogP contribution < -0.4 is 15.2 Å². The second-order valence-electron chi connectivity index (χ2n) is 5.21. The third-order valence-electron chi connectivity index (χ3n) is 4.25. The van der Waals surface area contributed by atoms with Crippen LogP contribution >= 0.6 is 11.6 Å². The molecule has 0 saturated heterocycles. The number of rotatable bonds is 2. The van der Waals surface area contributed by atoms with Crippen molar-refractivity contribution in [1.82, 2.24) is 0 Å². The number of hydrogen-bond donors (Lipinski definition) is 1. The molecule has 0 aromatic heterocycles. The van der Waals surface area contributed by atoms with Gasteiger partial charge in [-0.2, -0.15) is 0 Å². The van der Waals surface area contributed by atoms with Crippen LogP contribution in [0.5, 0.6) is 11.5 Å². The van der Waals surface area contributed by atoms with Crippen molar-refractivity contribution in [2.75, 3.05) is 13.3 Å². The molecule has 1 aliphatic heterocycles. The van der Waals surface area contributed by atoms with E-state index in [2.05, 4.69) is 6.07 Å². The SMILES string of the molecule is NCC1(c2ccc3c(c2Cl)OCO3)CCCCC1. The topological polar surface area (TPSA) is 44.5 Å². The Labute approximate surface area is 112 Å². The van der Waals surface area contributed by atoms with Crippen LogP contribution in [0, 0.1) is 0 Å². The molecule has 1 aliphatic carbocycles. The summed E-state index contributed by atoms with van der Waals surface area (Å²) in [4.78, 5) is 0. The molecule has 1 aromatic rings. The second kappa shape index (κ2) is 4.63. The Morgan fingerprint density at radius 1 is 1.17 bits per heavy atom. The van der Waals surface area contributed by atoms with Crippen LogP contribution in [-0.4, -0.2) is 13.3 Å². The van der Waals surface area contributed by atoms with Crippen molar-refractivity contribution >= 4 is 11.6 Å². The Balaban J connectivity index is 2.05. The van der Waals surface area contributed by atoms with Crippen LogP contribution in [0.3, 0.4) is 0 Å². The van der Waals surface area contributed by atoms with E-state index in [0.717, 1.165) is 24.2 Å². The number of hydrogen-bond acceptors (Lipinski definition) is 3. The van der Waals surface area contributed by atoms with Gasteiger partial charge in [-0.15, -0.1) is 0 Å². The summed E-state index contributed by atoms with van der Waals surface area (Å²) in [5.41, 5.74) is 7.21. The first-order chi connectivity index (χ1) is 8.77. The van der Waals surface area contributed by atoms with Crippen molar-refractivity contribution in [3.05, 3.63) is 22.7 Å². The van der Waals surface area contributed by atoms with Crippen molar-refractivity contribution in [2.24, 2.45) is 5.73 Å². The van der Waals surface area contributed by atoms with Gasteiger partial charge in [0.2, 0.25) is 6.79 Å². The van der Waals surface area contributed by atoms with E-state index in [-0.39, 0.29) is 12.2 Å². The summed E-state index contributed by atoms with van der Waals surface area (Å²) < 4.78 is 10.8. The van der Waals surface area contributed by atoms with E-state index in [1.165, 1.54) is 19.3 Å². The standard InChI is InChI=1S/C14H18ClNO2/c15-12-10(4-5-11-13(12)18-9-17-11)14(8-16)6-2-1-3-7-14/h4-5H,1-3,6-9,16H2. The van der Waals surface area contributed by atoms with Crippen LogP contribution in [0.1, 0.15) is 37.7 Å². The summed E-state index contributed by atoms with van der Waals surface area (Å²) in [6, 6.07) is 4.02. The van der Waals surface area contributed by atoms with Crippen LogP contribution in [0.2, 0.25) is 5.02 Å². The summed E-state index contributed by atoms with van der Waals surface area (Å²) in [6.45, 7) is 0.903. The minimum absolute atomic E-state index is 0.0241. The smallest absolute Gasteiger partial charge is 0.231 e. The van der Waals surface area contributed by atoms with Gasteiger partial charge in [0.1, 0.15) is 0 Å². The molecule has 1 fully saturated rings. The van der Waals surface area contributed by atoms with Gasteiger partial charge in [-0.3, -0.25) is 0 Å². The molecule has 0 atom stereocenters. The summed E-state index contributed by atoms with van der Waals surface area (Å²) in [5.74, 6) is 1.43. The fraction of sp³-hybridized carbons (Fsp3) is 0.571. The molecule has 3 nitrogen and oxygen atoms in total. The van der Waals surface area contributed by atoms with E-state index in [1.54, 1.807) is 0 Å². The van der Waals surface area contributed by atoms with Crippen LogP contribution in [-0.2, 0) is 5.41 Å². The highest BCUT2D eigenvalue weighted by Gasteiger charge is 2.36. The molecule has 0 spiro atoms. The highest BCUT2D eigenvalue weighted by molar-refractivity contribution is 6.33. The number of fused-ring (bicyclic) bond motifs is 1. The van der Waals surface area contributed by atoms with Crippen molar-refractivity contribution in [3.63, 3.8) is 0 Å². The first-order valence-corrected chi connectivity index (χ1v) is 6.93. The molecule has 2 aliphatic rings. The average molecular weight is 268 g/mol. The predicted molar refractivity (Wildman–Crippen MR) is 71.4 cm³/mol. The zero-order chi connectivity index (χ0) is 12.6. The fourth-order valence-corrected chi connectivity index (χ4v) is 3.57. The molecule has 0 radical (unpaired) electrons. The third-order valence-corrected chi connectivity index (χ3v) is 4.63. The van der Waals surface area contributed by atoms with E-state index in [0.29, 0.717) is 17.3 Å². The summed E-state index contributed by atoms with van der Waals surface area (Å²) >= 11 is 6.50. The molecule has 3 rings (SSSR count). The zero-order valence-electron chi connectivity index (χ0n) is 10.4. The summed E-state index contributed by atoms with van der Waals surface area (Å²) in [5, 5.41) is 0.692. The maximum absolute atomic E-state index is 6.50. The van der Waals surface area contributed by atoms with Gasteiger partial charge in [0.05, 0.1) is 5.02 Å². The number of nitrogens with two attached hydrogens (primary N) is 1. The predicted octanol–water partition coefficient (Wildman–Crippen LogP) is 3.23. The minimum Gasteiger partial charge on any atom is -0.454 e. The van der Waals surface area contributed by atoms with E-state index in [4.69, 9.17) is 26.8 Å². The first kappa shape index (κ1) is 12.1. The van der Waals surface area contributed by atoms with Gasteiger partial charge in [0, 0.05) is 12.0 Å². The highest BCUT2D eigenvalue weighted by atomic mass is 35.5. The maximum atomic E-state index is 6.50. The summed E-state index contributed by atoms with van der Waals surface area (Å²) in [6.07, 6.45) is 5.97. The van der Waals surface area contributed by atoms with Gasteiger partial charge in [-0.1, -0.05) is 36.9 Å². The quantitative estimate of drug-likeness (QED) is 0.895. The Hall–Kier alpha value is -0.930. The van der Waals surface area contributed by atoms with E-state index < -0.39 is 0 Å². The molecule has 1 saturated carbocycles. The lowest BCUT2D eigenvalue weighted by molar-refractivity contribution is 0.174. The maximum Gasteiger partial charge on any atom is 0.231 e. The Bertz CT molecular complexity index is 455. The van der Waals surface area contributed by atoms with Gasteiger partial charge >= 0.3 is 0 Å². The van der Waals surface area contributed by atoms with Crippen molar-refractivity contribution in [1.29, 1.82) is 0 Å². The number of ether oxygens (including phenoxy) is 2. The minimum atomic E-state index is 0.0241. The molecule has 98 valence electrons. The Morgan fingerprint density at radius 3 is 2.67 bits per heavy atom. The third kappa shape index (κ3) is 1.77. The lowest BCUT2D eigenvalue weighted by Crippen LogP contribution is -2.37. The van der Waals surface area contributed by atoms with Gasteiger partial charge in [-0.25, -0.2) is 0 Å². The molecule has 4 heteroatoms. The lowest BCUT2D eigenvalue weighted by Gasteiger charge is -2.37. The van der Waals surface area contributed by atoms with Crippen molar-refractivity contribution < 1.29 is 9.47 Å². The van der Waals surface area contributed by atoms with Crippen LogP contribution in [0.25, 0.3) is 0 Å². The van der Waals surface area contributed by atoms with Gasteiger partial charge < -0.3 is 15.2 Å². The zero-order valence-corrected chi connectivity index (χ0v) is 11.1. The monoisotopic (exact) mass is 267 g/mol. The molecule has 18 heavy (non-hydrogen) atoms. The molecule has 1 aromatic carbocycles. The fourth-order valence-electron chi connectivity index (χ4n) is 3.16. The van der Waals surface area contributed by atoms with Crippen molar-refractivity contribution in [2.45, 2.75) is 37.5 Å². The van der Waals surface area contributed by atoms with E-state index >= 15 is 0 Å². The van der Waals surface area contributed by atoms with Gasteiger partial charge in [-0.05, 0) is 24.5 Å². The molecular formula is C14H18ClNO2. The normalized spacial score (nSPS) is 21.0. The average Bonchev–Trinajstić information content (AvgIpc) is 2.89. The van der Waals surface area contributed by atoms with Gasteiger partial charge in [0.15, 0.2) is 11.5 Å². The lowest BCUT2D eigenvalue weighted by atomic mass is 9.69. The van der Waals surface area contributed by atoms with Crippen molar-refractivity contribution in [3.8, 4) is 11.5 Å². The second-order valence-corrected chi connectivity index (χ2v) is 5.58. The van der Waals surface area contributed by atoms with Crippen LogP contribution in [0.4, 0.5) is 0 Å². The Morgan fingerprint density at radius 2 is 1.94 bits per heavy atom. The summed E-state index contributed by atoms with van der Waals surface area (Å²) in [7, 11) is 0. The molecule has 2 N–H and O–H groups in total. The Kier molecular flexibility index (Phi) is 3.12. The number of halogens is 1. The largest absolute Gasteiger partial charge is 0.454 e. The molecule has 0 amide bonds.